The van der Waals surface area contributed by atoms with Crippen molar-refractivity contribution in [1.82, 2.24) is 0 Å². The summed E-state index contributed by atoms with van der Waals surface area (Å²) in [6.07, 6.45) is 5.66. The Hall–Kier alpha value is -0.440. The van der Waals surface area contributed by atoms with Crippen LogP contribution >= 0.6 is 0 Å². The van der Waals surface area contributed by atoms with Crippen LogP contribution in [0.15, 0.2) is 4.99 Å². The molecule has 3 atom stereocenters. The predicted molar refractivity (Wildman–Crippen MR) is 63.5 cm³/mol. The highest BCUT2D eigenvalue weighted by atomic mass is 19.1. The molecule has 1 N–H and O–H groups in total. The summed E-state index contributed by atoms with van der Waals surface area (Å²) in [5.74, 6) is 1.15. The van der Waals surface area contributed by atoms with Gasteiger partial charge in [-0.25, -0.2) is 4.39 Å². The number of alkyl halides is 1. The third-order valence-corrected chi connectivity index (χ3v) is 4.42. The lowest BCUT2D eigenvalue weighted by atomic mass is 9.71. The monoisotopic (exact) mass is 227 g/mol. The Morgan fingerprint density at radius 1 is 1.00 bits per heavy atom. The highest BCUT2D eigenvalue weighted by Crippen LogP contribution is 2.39. The minimum atomic E-state index is -0.789. The minimum absolute atomic E-state index is 0.108. The number of rotatable bonds is 2. The summed E-state index contributed by atoms with van der Waals surface area (Å²) in [5, 5.41) is 9.46. The Morgan fingerprint density at radius 3 is 2.19 bits per heavy atom. The van der Waals surface area contributed by atoms with Crippen LogP contribution in [0.3, 0.4) is 0 Å². The van der Waals surface area contributed by atoms with E-state index in [-0.39, 0.29) is 12.1 Å². The zero-order valence-electron chi connectivity index (χ0n) is 9.82. The maximum absolute atomic E-state index is 13.7. The molecule has 0 amide bonds. The number of aliphatic hydroxyl groups excluding tert-OH is 1. The SMILES string of the molecule is C=NC1CCC(C2CCC(O)CC2)CC1F. The number of hydrogen-bond acceptors (Lipinski definition) is 2. The summed E-state index contributed by atoms with van der Waals surface area (Å²) >= 11 is 0. The molecule has 0 bridgehead atoms. The van der Waals surface area contributed by atoms with Crippen LogP contribution < -0.4 is 0 Å². The molecule has 2 saturated carbocycles. The first-order valence-electron chi connectivity index (χ1n) is 6.48. The number of aliphatic hydroxyl groups is 1. The zero-order chi connectivity index (χ0) is 11.5. The van der Waals surface area contributed by atoms with Gasteiger partial charge in [0.15, 0.2) is 0 Å². The van der Waals surface area contributed by atoms with Crippen molar-refractivity contribution in [2.24, 2.45) is 16.8 Å². The van der Waals surface area contributed by atoms with Crippen LogP contribution in [0.2, 0.25) is 0 Å². The van der Waals surface area contributed by atoms with Crippen molar-refractivity contribution in [3.63, 3.8) is 0 Å². The van der Waals surface area contributed by atoms with Crippen molar-refractivity contribution < 1.29 is 9.50 Å². The molecule has 0 radical (unpaired) electrons. The van der Waals surface area contributed by atoms with E-state index in [1.54, 1.807) is 0 Å². The fraction of sp³-hybridized carbons (Fsp3) is 0.923. The first kappa shape index (κ1) is 12.0. The van der Waals surface area contributed by atoms with E-state index < -0.39 is 6.17 Å². The highest BCUT2D eigenvalue weighted by Gasteiger charge is 2.35. The summed E-state index contributed by atoms with van der Waals surface area (Å²) in [4.78, 5) is 3.86. The fourth-order valence-electron chi connectivity index (χ4n) is 3.34. The molecule has 16 heavy (non-hydrogen) atoms. The van der Waals surface area contributed by atoms with Crippen molar-refractivity contribution in [3.05, 3.63) is 0 Å². The van der Waals surface area contributed by atoms with E-state index in [2.05, 4.69) is 11.7 Å². The molecule has 0 aliphatic heterocycles. The molecular formula is C13H22FNO. The topological polar surface area (TPSA) is 32.6 Å². The Labute approximate surface area is 97.0 Å². The van der Waals surface area contributed by atoms with Gasteiger partial charge in [-0.05, 0) is 63.5 Å². The molecule has 92 valence electrons. The predicted octanol–water partition coefficient (Wildman–Crippen LogP) is 2.74. The number of halogens is 1. The number of aliphatic imine (C=N–C) groups is 1. The lowest BCUT2D eigenvalue weighted by Gasteiger charge is -2.37. The van der Waals surface area contributed by atoms with Crippen molar-refractivity contribution in [3.8, 4) is 0 Å². The van der Waals surface area contributed by atoms with Crippen LogP contribution in [-0.4, -0.2) is 30.1 Å². The van der Waals surface area contributed by atoms with Gasteiger partial charge in [0.2, 0.25) is 0 Å². The number of hydrogen-bond donors (Lipinski definition) is 1. The summed E-state index contributed by atoms with van der Waals surface area (Å²) in [7, 11) is 0. The van der Waals surface area contributed by atoms with Gasteiger partial charge in [0.1, 0.15) is 6.17 Å². The third-order valence-electron chi connectivity index (χ3n) is 4.42. The largest absolute Gasteiger partial charge is 0.393 e. The molecular weight excluding hydrogens is 205 g/mol. The molecule has 0 aromatic heterocycles. The van der Waals surface area contributed by atoms with E-state index in [0.29, 0.717) is 18.3 Å². The Kier molecular flexibility index (Phi) is 3.95. The molecule has 2 aliphatic rings. The summed E-state index contributed by atoms with van der Waals surface area (Å²) in [5.41, 5.74) is 0. The van der Waals surface area contributed by atoms with E-state index in [9.17, 15) is 9.50 Å². The smallest absolute Gasteiger partial charge is 0.123 e. The summed E-state index contributed by atoms with van der Waals surface area (Å²) < 4.78 is 13.7. The van der Waals surface area contributed by atoms with E-state index >= 15 is 0 Å². The van der Waals surface area contributed by atoms with Gasteiger partial charge in [0.25, 0.3) is 0 Å². The molecule has 2 fully saturated rings. The van der Waals surface area contributed by atoms with Gasteiger partial charge < -0.3 is 5.11 Å². The molecule has 0 saturated heterocycles. The second-order valence-corrected chi connectivity index (χ2v) is 5.41. The van der Waals surface area contributed by atoms with Crippen molar-refractivity contribution in [1.29, 1.82) is 0 Å². The molecule has 0 aromatic carbocycles. The maximum Gasteiger partial charge on any atom is 0.123 e. The Bertz CT molecular complexity index is 238. The molecule has 2 aliphatic carbocycles. The van der Waals surface area contributed by atoms with Gasteiger partial charge in [0, 0.05) is 0 Å². The van der Waals surface area contributed by atoms with Crippen LogP contribution in [0.25, 0.3) is 0 Å². The second-order valence-electron chi connectivity index (χ2n) is 5.41. The van der Waals surface area contributed by atoms with E-state index in [4.69, 9.17) is 0 Å². The highest BCUT2D eigenvalue weighted by molar-refractivity contribution is 5.24. The van der Waals surface area contributed by atoms with Crippen molar-refractivity contribution >= 4 is 6.72 Å². The summed E-state index contributed by atoms with van der Waals surface area (Å²) in [6.45, 7) is 3.46. The molecule has 0 heterocycles. The average Bonchev–Trinajstić information content (AvgIpc) is 2.30. The van der Waals surface area contributed by atoms with Crippen molar-refractivity contribution in [2.75, 3.05) is 0 Å². The third kappa shape index (κ3) is 2.62. The fourth-order valence-corrected chi connectivity index (χ4v) is 3.34. The molecule has 2 rings (SSSR count). The van der Waals surface area contributed by atoms with E-state index in [1.165, 1.54) is 0 Å². The average molecular weight is 227 g/mol. The molecule has 0 spiro atoms. The lowest BCUT2D eigenvalue weighted by Crippen LogP contribution is -2.34. The lowest BCUT2D eigenvalue weighted by molar-refractivity contribution is 0.0644. The Morgan fingerprint density at radius 2 is 1.62 bits per heavy atom. The quantitative estimate of drug-likeness (QED) is 0.723. The molecule has 3 heteroatoms. The zero-order valence-corrected chi connectivity index (χ0v) is 9.82. The second kappa shape index (κ2) is 5.26. The van der Waals surface area contributed by atoms with Gasteiger partial charge in [-0.2, -0.15) is 0 Å². The number of nitrogens with zero attached hydrogens (tertiary/aromatic N) is 1. The first-order valence-corrected chi connectivity index (χ1v) is 6.48. The van der Waals surface area contributed by atoms with Gasteiger partial charge in [-0.15, -0.1) is 0 Å². The Balaban J connectivity index is 1.85. The van der Waals surface area contributed by atoms with E-state index in [0.717, 1.165) is 38.5 Å². The van der Waals surface area contributed by atoms with Crippen LogP contribution in [0, 0.1) is 11.8 Å². The van der Waals surface area contributed by atoms with Gasteiger partial charge in [-0.3, -0.25) is 4.99 Å². The van der Waals surface area contributed by atoms with Gasteiger partial charge in [-0.1, -0.05) is 0 Å². The van der Waals surface area contributed by atoms with Crippen LogP contribution in [0.1, 0.15) is 44.9 Å². The van der Waals surface area contributed by atoms with Crippen LogP contribution in [0.5, 0.6) is 0 Å². The molecule has 0 aromatic rings. The van der Waals surface area contributed by atoms with Gasteiger partial charge in [0.05, 0.1) is 12.1 Å². The van der Waals surface area contributed by atoms with Crippen LogP contribution in [0.4, 0.5) is 4.39 Å². The summed E-state index contributed by atoms with van der Waals surface area (Å²) in [6, 6.07) is -0.162. The maximum atomic E-state index is 13.7. The normalized spacial score (nSPS) is 45.2. The standard InChI is InChI=1S/C13H22FNO/c1-15-13-7-4-10(8-12(13)14)9-2-5-11(16)6-3-9/h9-13,16H,1-8H2. The molecule has 3 unspecified atom stereocenters. The molecule has 2 nitrogen and oxygen atoms in total. The first-order chi connectivity index (χ1) is 7.70. The van der Waals surface area contributed by atoms with Crippen LogP contribution in [-0.2, 0) is 0 Å². The van der Waals surface area contributed by atoms with E-state index in [1.807, 2.05) is 0 Å². The van der Waals surface area contributed by atoms with Gasteiger partial charge >= 0.3 is 0 Å². The minimum Gasteiger partial charge on any atom is -0.393 e. The van der Waals surface area contributed by atoms with Crippen molar-refractivity contribution in [2.45, 2.75) is 63.3 Å².